The van der Waals surface area contributed by atoms with Gasteiger partial charge in [0.2, 0.25) is 0 Å². The molecule has 0 atom stereocenters. The van der Waals surface area contributed by atoms with Crippen molar-refractivity contribution in [2.24, 2.45) is 0 Å². The van der Waals surface area contributed by atoms with Crippen molar-refractivity contribution in [3.05, 3.63) is 24.0 Å². The lowest BCUT2D eigenvalue weighted by molar-refractivity contribution is -0.0327. The molecule has 0 bridgehead atoms. The van der Waals surface area contributed by atoms with Crippen LogP contribution < -0.4 is 10.1 Å². The lowest BCUT2D eigenvalue weighted by atomic mass is 10.3. The van der Waals surface area contributed by atoms with E-state index in [2.05, 4.69) is 5.32 Å². The maximum atomic E-state index is 13.4. The van der Waals surface area contributed by atoms with Gasteiger partial charge in [-0.15, -0.1) is 0 Å². The van der Waals surface area contributed by atoms with Crippen molar-refractivity contribution >= 4 is 17.4 Å². The summed E-state index contributed by atoms with van der Waals surface area (Å²) in [7, 11) is 0. The number of rotatable bonds is 6. The van der Waals surface area contributed by atoms with Crippen molar-refractivity contribution in [2.45, 2.75) is 12.4 Å². The van der Waals surface area contributed by atoms with Gasteiger partial charge in [0, 0.05) is 24.1 Å². The zero-order chi connectivity index (χ0) is 13.6. The first kappa shape index (κ1) is 14.9. The Morgan fingerprint density at radius 2 is 2.06 bits per heavy atom. The number of alkyl halides is 3. The van der Waals surface area contributed by atoms with Crippen molar-refractivity contribution in [1.29, 1.82) is 0 Å². The third kappa shape index (κ3) is 5.48. The summed E-state index contributed by atoms with van der Waals surface area (Å²) in [5.41, 5.74) is -3.80. The van der Waals surface area contributed by atoms with Crippen LogP contribution in [0.3, 0.4) is 0 Å². The van der Waals surface area contributed by atoms with Gasteiger partial charge >= 0.3 is 5.51 Å². The van der Waals surface area contributed by atoms with E-state index >= 15 is 0 Å². The normalized spacial score (nSPS) is 11.4. The van der Waals surface area contributed by atoms with Gasteiger partial charge in [-0.05, 0) is 30.8 Å². The summed E-state index contributed by atoms with van der Waals surface area (Å²) >= 11 is -0.113. The molecule has 0 amide bonds. The average Bonchev–Trinajstić information content (AvgIpc) is 2.27. The van der Waals surface area contributed by atoms with Gasteiger partial charge in [-0.2, -0.15) is 13.2 Å². The second-order valence-electron chi connectivity index (χ2n) is 3.30. The number of hydrogen-bond acceptors (Lipinski definition) is 3. The van der Waals surface area contributed by atoms with Gasteiger partial charge in [-0.25, -0.2) is 4.39 Å². The standard InChI is InChI=1S/C11H13F4NOS/c1-2-17-10-4-3-8(7-9(10)12)16-5-6-18-11(13,14)15/h3-4,7,16H,2,5-6H2,1H3. The smallest absolute Gasteiger partial charge is 0.441 e. The van der Waals surface area contributed by atoms with Gasteiger partial charge in [0.15, 0.2) is 11.6 Å². The quantitative estimate of drug-likeness (QED) is 0.632. The fraction of sp³-hybridized carbons (Fsp3) is 0.455. The SMILES string of the molecule is CCOc1ccc(NCCSC(F)(F)F)cc1F. The number of thioether (sulfide) groups is 1. The first-order valence-electron chi connectivity index (χ1n) is 5.29. The highest BCUT2D eigenvalue weighted by Crippen LogP contribution is 2.29. The first-order valence-corrected chi connectivity index (χ1v) is 6.28. The molecule has 2 nitrogen and oxygen atoms in total. The van der Waals surface area contributed by atoms with Crippen LogP contribution in [0, 0.1) is 5.82 Å². The number of nitrogens with one attached hydrogen (secondary N) is 1. The van der Waals surface area contributed by atoms with Gasteiger partial charge in [0.25, 0.3) is 0 Å². The Labute approximate surface area is 107 Å². The Morgan fingerprint density at radius 3 is 2.61 bits per heavy atom. The number of halogens is 4. The van der Waals surface area contributed by atoms with E-state index in [-0.39, 0.29) is 29.8 Å². The first-order chi connectivity index (χ1) is 8.42. The van der Waals surface area contributed by atoms with E-state index in [4.69, 9.17) is 4.74 Å². The zero-order valence-electron chi connectivity index (χ0n) is 9.68. The van der Waals surface area contributed by atoms with Crippen LogP contribution in [-0.4, -0.2) is 24.4 Å². The number of hydrogen-bond donors (Lipinski definition) is 1. The molecule has 0 saturated carbocycles. The molecule has 7 heteroatoms. The molecule has 1 aromatic rings. The molecule has 1 rings (SSSR count). The molecule has 18 heavy (non-hydrogen) atoms. The highest BCUT2D eigenvalue weighted by molar-refractivity contribution is 8.00. The highest BCUT2D eigenvalue weighted by atomic mass is 32.2. The molecule has 0 aliphatic rings. The second-order valence-corrected chi connectivity index (χ2v) is 4.46. The lowest BCUT2D eigenvalue weighted by Gasteiger charge is -2.10. The molecule has 0 saturated heterocycles. The minimum absolute atomic E-state index is 0.109. The second kappa shape index (κ2) is 6.72. The molecule has 1 N–H and O–H groups in total. The molecule has 0 fully saturated rings. The van der Waals surface area contributed by atoms with Gasteiger partial charge in [-0.1, -0.05) is 0 Å². The molecule has 102 valence electrons. The van der Waals surface area contributed by atoms with Crippen LogP contribution in [0.1, 0.15) is 6.92 Å². The average molecular weight is 283 g/mol. The summed E-state index contributed by atoms with van der Waals surface area (Å²) in [6, 6.07) is 4.20. The van der Waals surface area contributed by atoms with E-state index in [0.29, 0.717) is 12.3 Å². The van der Waals surface area contributed by atoms with Gasteiger partial charge < -0.3 is 10.1 Å². The monoisotopic (exact) mass is 283 g/mol. The largest absolute Gasteiger partial charge is 0.491 e. The summed E-state index contributed by atoms with van der Waals surface area (Å²) < 4.78 is 53.9. The Bertz CT molecular complexity index is 384. The van der Waals surface area contributed by atoms with Crippen molar-refractivity contribution in [3.63, 3.8) is 0 Å². The van der Waals surface area contributed by atoms with Crippen LogP contribution in [0.15, 0.2) is 18.2 Å². The summed E-state index contributed by atoms with van der Waals surface area (Å²) in [5, 5.41) is 2.71. The summed E-state index contributed by atoms with van der Waals surface area (Å²) in [6.07, 6.45) is 0. The molecule has 0 aromatic heterocycles. The summed E-state index contributed by atoms with van der Waals surface area (Å²) in [5.74, 6) is -0.531. The Kier molecular flexibility index (Phi) is 5.58. The van der Waals surface area contributed by atoms with E-state index in [1.54, 1.807) is 13.0 Å². The van der Waals surface area contributed by atoms with E-state index in [0.717, 1.165) is 0 Å². The molecular formula is C11H13F4NOS. The minimum atomic E-state index is -4.23. The van der Waals surface area contributed by atoms with Crippen molar-refractivity contribution in [2.75, 3.05) is 24.2 Å². The van der Waals surface area contributed by atoms with Gasteiger partial charge in [0.1, 0.15) is 0 Å². The Balaban J connectivity index is 2.41. The van der Waals surface area contributed by atoms with Crippen LogP contribution in [0.2, 0.25) is 0 Å². The molecule has 0 heterocycles. The third-order valence-corrected chi connectivity index (χ3v) is 2.66. The number of anilines is 1. The predicted molar refractivity (Wildman–Crippen MR) is 64.6 cm³/mol. The molecule has 0 spiro atoms. The predicted octanol–water partition coefficient (Wildman–Crippen LogP) is 3.89. The fourth-order valence-electron chi connectivity index (χ4n) is 1.25. The molecule has 0 radical (unpaired) electrons. The lowest BCUT2D eigenvalue weighted by Crippen LogP contribution is -2.09. The van der Waals surface area contributed by atoms with Crippen molar-refractivity contribution in [1.82, 2.24) is 0 Å². The van der Waals surface area contributed by atoms with Crippen molar-refractivity contribution < 1.29 is 22.3 Å². The highest BCUT2D eigenvalue weighted by Gasteiger charge is 2.27. The van der Waals surface area contributed by atoms with Crippen LogP contribution in [0.25, 0.3) is 0 Å². The fourth-order valence-corrected chi connectivity index (χ4v) is 1.68. The van der Waals surface area contributed by atoms with Crippen LogP contribution in [-0.2, 0) is 0 Å². The topological polar surface area (TPSA) is 21.3 Å². The van der Waals surface area contributed by atoms with Crippen LogP contribution in [0.4, 0.5) is 23.2 Å². The molecule has 0 unspecified atom stereocenters. The van der Waals surface area contributed by atoms with Gasteiger partial charge in [0.05, 0.1) is 6.61 Å². The van der Waals surface area contributed by atoms with E-state index < -0.39 is 11.3 Å². The van der Waals surface area contributed by atoms with Crippen LogP contribution >= 0.6 is 11.8 Å². The Hall–Kier alpha value is -1.11. The third-order valence-electron chi connectivity index (χ3n) is 1.93. The zero-order valence-corrected chi connectivity index (χ0v) is 10.5. The van der Waals surface area contributed by atoms with E-state index in [9.17, 15) is 17.6 Å². The maximum absolute atomic E-state index is 13.4. The van der Waals surface area contributed by atoms with Crippen molar-refractivity contribution in [3.8, 4) is 5.75 Å². The summed E-state index contributed by atoms with van der Waals surface area (Å²) in [6.45, 7) is 2.20. The molecular weight excluding hydrogens is 270 g/mol. The maximum Gasteiger partial charge on any atom is 0.441 e. The number of ether oxygens (including phenoxy) is 1. The van der Waals surface area contributed by atoms with Gasteiger partial charge in [-0.3, -0.25) is 0 Å². The van der Waals surface area contributed by atoms with E-state index in [1.165, 1.54) is 12.1 Å². The Morgan fingerprint density at radius 1 is 1.33 bits per heavy atom. The summed E-state index contributed by atoms with van der Waals surface area (Å²) in [4.78, 5) is 0. The molecule has 0 aliphatic heterocycles. The van der Waals surface area contributed by atoms with Crippen LogP contribution in [0.5, 0.6) is 5.75 Å². The minimum Gasteiger partial charge on any atom is -0.491 e. The van der Waals surface area contributed by atoms with E-state index in [1.807, 2.05) is 0 Å². The molecule has 1 aromatic carbocycles. The molecule has 0 aliphatic carbocycles. The number of benzene rings is 1.